The van der Waals surface area contributed by atoms with Gasteiger partial charge >= 0.3 is 0 Å². The van der Waals surface area contributed by atoms with Gasteiger partial charge in [-0.25, -0.2) is 0 Å². The van der Waals surface area contributed by atoms with Crippen molar-refractivity contribution < 1.29 is 14.3 Å². The Morgan fingerprint density at radius 3 is 2.21 bits per heavy atom. The van der Waals surface area contributed by atoms with Gasteiger partial charge < -0.3 is 19.3 Å². The summed E-state index contributed by atoms with van der Waals surface area (Å²) in [6, 6.07) is 15.8. The monoisotopic (exact) mass is 382 g/mol. The fourth-order valence-corrected chi connectivity index (χ4v) is 3.54. The number of anilines is 1. The van der Waals surface area contributed by atoms with Crippen molar-refractivity contribution in [2.24, 2.45) is 0 Å². The minimum absolute atomic E-state index is 0.0454. The Labute approximate surface area is 167 Å². The molecule has 1 atom stereocenters. The van der Waals surface area contributed by atoms with Crippen molar-refractivity contribution in [3.05, 3.63) is 54.1 Å². The predicted molar refractivity (Wildman–Crippen MR) is 112 cm³/mol. The lowest BCUT2D eigenvalue weighted by Crippen LogP contribution is -2.37. The van der Waals surface area contributed by atoms with Crippen LogP contribution in [0.25, 0.3) is 0 Å². The normalized spacial score (nSPS) is 15.0. The maximum atomic E-state index is 12.7. The van der Waals surface area contributed by atoms with Gasteiger partial charge in [0.25, 0.3) is 5.91 Å². The van der Waals surface area contributed by atoms with E-state index in [-0.39, 0.29) is 5.91 Å². The van der Waals surface area contributed by atoms with Crippen LogP contribution < -0.4 is 14.4 Å². The lowest BCUT2D eigenvalue weighted by atomic mass is 10.1. The van der Waals surface area contributed by atoms with Crippen molar-refractivity contribution in [1.82, 2.24) is 4.90 Å². The van der Waals surface area contributed by atoms with E-state index in [0.29, 0.717) is 12.3 Å². The second-order valence-corrected chi connectivity index (χ2v) is 7.34. The van der Waals surface area contributed by atoms with Crippen LogP contribution in [0.4, 0.5) is 5.69 Å². The lowest BCUT2D eigenvalue weighted by molar-refractivity contribution is -0.137. The fraction of sp³-hybridized carbons (Fsp3) is 0.435. The molecule has 1 heterocycles. The van der Waals surface area contributed by atoms with Gasteiger partial charge in [0.1, 0.15) is 11.5 Å². The summed E-state index contributed by atoms with van der Waals surface area (Å²) < 4.78 is 10.9. The van der Waals surface area contributed by atoms with E-state index in [9.17, 15) is 4.79 Å². The van der Waals surface area contributed by atoms with Crippen LogP contribution in [-0.2, 0) is 11.3 Å². The summed E-state index contributed by atoms with van der Waals surface area (Å²) in [4.78, 5) is 16.8. The van der Waals surface area contributed by atoms with Gasteiger partial charge in [0.05, 0.1) is 7.11 Å². The van der Waals surface area contributed by atoms with E-state index in [4.69, 9.17) is 9.47 Å². The molecule has 0 bridgehead atoms. The van der Waals surface area contributed by atoms with Gasteiger partial charge in [-0.15, -0.1) is 0 Å². The van der Waals surface area contributed by atoms with E-state index in [1.807, 2.05) is 31.3 Å². The van der Waals surface area contributed by atoms with Gasteiger partial charge in [-0.3, -0.25) is 4.79 Å². The highest BCUT2D eigenvalue weighted by Crippen LogP contribution is 2.21. The minimum Gasteiger partial charge on any atom is -0.497 e. The summed E-state index contributed by atoms with van der Waals surface area (Å²) in [6.45, 7) is 4.62. The molecule has 5 nitrogen and oxygen atoms in total. The van der Waals surface area contributed by atoms with Crippen LogP contribution in [0.1, 0.15) is 31.7 Å². The van der Waals surface area contributed by atoms with E-state index < -0.39 is 6.10 Å². The van der Waals surface area contributed by atoms with Crippen molar-refractivity contribution in [2.45, 2.75) is 38.8 Å². The van der Waals surface area contributed by atoms with E-state index in [1.54, 1.807) is 18.9 Å². The molecule has 5 heteroatoms. The summed E-state index contributed by atoms with van der Waals surface area (Å²) in [7, 11) is 3.44. The number of nitrogens with zero attached hydrogens (tertiary/aromatic N) is 2. The molecule has 1 aliphatic rings. The molecule has 0 spiro atoms. The van der Waals surface area contributed by atoms with Gasteiger partial charge in [-0.2, -0.15) is 0 Å². The number of ether oxygens (including phenoxy) is 2. The van der Waals surface area contributed by atoms with Crippen LogP contribution in [0, 0.1) is 0 Å². The van der Waals surface area contributed by atoms with Crippen LogP contribution >= 0.6 is 0 Å². The molecule has 1 unspecified atom stereocenters. The topological polar surface area (TPSA) is 42.0 Å². The van der Waals surface area contributed by atoms with Crippen molar-refractivity contribution in [1.29, 1.82) is 0 Å². The Bertz CT molecular complexity index is 752. The number of benzene rings is 2. The highest BCUT2D eigenvalue weighted by atomic mass is 16.5. The number of rotatable bonds is 7. The van der Waals surface area contributed by atoms with E-state index in [0.717, 1.165) is 24.4 Å². The van der Waals surface area contributed by atoms with E-state index in [2.05, 4.69) is 29.2 Å². The number of hydrogen-bond acceptors (Lipinski definition) is 4. The molecule has 0 saturated carbocycles. The summed E-state index contributed by atoms with van der Waals surface area (Å²) in [5, 5.41) is 0. The highest BCUT2D eigenvalue weighted by molar-refractivity contribution is 5.80. The lowest BCUT2D eigenvalue weighted by Gasteiger charge is -2.29. The van der Waals surface area contributed by atoms with Crippen LogP contribution in [0.15, 0.2) is 48.5 Å². The molecule has 1 fully saturated rings. The molecule has 2 aromatic carbocycles. The average Bonchev–Trinajstić information content (AvgIpc) is 2.74. The third-order valence-corrected chi connectivity index (χ3v) is 5.17. The average molecular weight is 383 g/mol. The van der Waals surface area contributed by atoms with E-state index in [1.165, 1.54) is 24.9 Å². The number of amides is 1. The summed E-state index contributed by atoms with van der Waals surface area (Å²) in [6.07, 6.45) is 3.32. The second kappa shape index (κ2) is 9.49. The molecule has 2 aromatic rings. The first-order valence-electron chi connectivity index (χ1n) is 9.96. The molecule has 0 radical (unpaired) electrons. The van der Waals surface area contributed by atoms with Gasteiger partial charge in [-0.05, 0) is 68.1 Å². The Kier molecular flexibility index (Phi) is 6.80. The molecule has 1 aliphatic heterocycles. The maximum absolute atomic E-state index is 12.7. The SMILES string of the molecule is COc1ccc(OC(C)C(=O)N(C)Cc2ccc(N3CCCCC3)cc2)cc1. The summed E-state index contributed by atoms with van der Waals surface area (Å²) in [5.74, 6) is 1.37. The zero-order valence-electron chi connectivity index (χ0n) is 17.1. The van der Waals surface area contributed by atoms with Crippen LogP contribution in [0.5, 0.6) is 11.5 Å². The quantitative estimate of drug-likeness (QED) is 0.723. The standard InChI is InChI=1S/C23H30N2O3/c1-18(28-22-13-11-21(27-3)12-14-22)23(26)24(2)17-19-7-9-20(10-8-19)25-15-5-4-6-16-25/h7-14,18H,4-6,15-17H2,1-3H3. The summed E-state index contributed by atoms with van der Waals surface area (Å²) >= 11 is 0. The number of methoxy groups -OCH3 is 1. The third-order valence-electron chi connectivity index (χ3n) is 5.17. The van der Waals surface area contributed by atoms with Crippen LogP contribution in [-0.4, -0.2) is 44.2 Å². The number of piperidine rings is 1. The number of likely N-dealkylation sites (N-methyl/N-ethyl adjacent to an activating group) is 1. The Morgan fingerprint density at radius 2 is 1.61 bits per heavy atom. The molecule has 28 heavy (non-hydrogen) atoms. The summed E-state index contributed by atoms with van der Waals surface area (Å²) in [5.41, 5.74) is 2.39. The van der Waals surface area contributed by atoms with Crippen molar-refractivity contribution >= 4 is 11.6 Å². The Hall–Kier alpha value is -2.69. The first kappa shape index (κ1) is 20.1. The predicted octanol–water partition coefficient (Wildman–Crippen LogP) is 4.11. The van der Waals surface area contributed by atoms with Crippen molar-refractivity contribution in [3.63, 3.8) is 0 Å². The molecule has 1 saturated heterocycles. The Balaban J connectivity index is 1.53. The molecule has 0 aromatic heterocycles. The van der Waals surface area contributed by atoms with Gasteiger partial charge in [0.2, 0.25) is 0 Å². The van der Waals surface area contributed by atoms with Gasteiger partial charge in [-0.1, -0.05) is 12.1 Å². The molecule has 0 aliphatic carbocycles. The number of hydrogen-bond donors (Lipinski definition) is 0. The zero-order valence-corrected chi connectivity index (χ0v) is 17.1. The first-order chi connectivity index (χ1) is 13.6. The van der Waals surface area contributed by atoms with E-state index >= 15 is 0 Å². The van der Waals surface area contributed by atoms with Gasteiger partial charge in [0, 0.05) is 32.4 Å². The molecule has 0 N–H and O–H groups in total. The van der Waals surface area contributed by atoms with Crippen LogP contribution in [0.3, 0.4) is 0 Å². The zero-order chi connectivity index (χ0) is 19.9. The van der Waals surface area contributed by atoms with Gasteiger partial charge in [0.15, 0.2) is 6.10 Å². The third kappa shape index (κ3) is 5.18. The van der Waals surface area contributed by atoms with Crippen molar-refractivity contribution in [3.8, 4) is 11.5 Å². The molecule has 150 valence electrons. The van der Waals surface area contributed by atoms with Crippen molar-refractivity contribution in [2.75, 3.05) is 32.1 Å². The largest absolute Gasteiger partial charge is 0.497 e. The molecule has 1 amide bonds. The first-order valence-corrected chi connectivity index (χ1v) is 9.96. The molecular weight excluding hydrogens is 352 g/mol. The van der Waals surface area contributed by atoms with Crippen LogP contribution in [0.2, 0.25) is 0 Å². The fourth-order valence-electron chi connectivity index (χ4n) is 3.54. The minimum atomic E-state index is -0.550. The maximum Gasteiger partial charge on any atom is 0.263 e. The molecule has 3 rings (SSSR count). The Morgan fingerprint density at radius 1 is 1.00 bits per heavy atom. The highest BCUT2D eigenvalue weighted by Gasteiger charge is 2.19. The molecular formula is C23H30N2O3. The number of carbonyl (C=O) groups excluding carboxylic acids is 1. The number of carbonyl (C=O) groups is 1. The second-order valence-electron chi connectivity index (χ2n) is 7.34. The smallest absolute Gasteiger partial charge is 0.263 e.